The molecule has 0 bridgehead atoms. The summed E-state index contributed by atoms with van der Waals surface area (Å²) in [6.07, 6.45) is 4.68. The Hall–Kier alpha value is -3.30. The Morgan fingerprint density at radius 3 is 2.78 bits per heavy atom. The van der Waals surface area contributed by atoms with Gasteiger partial charge >= 0.3 is 0 Å². The van der Waals surface area contributed by atoms with Crippen LogP contribution in [0.2, 0.25) is 0 Å². The van der Waals surface area contributed by atoms with Gasteiger partial charge in [0.2, 0.25) is 5.89 Å². The fourth-order valence-electron chi connectivity index (χ4n) is 2.35. The van der Waals surface area contributed by atoms with Crippen molar-refractivity contribution in [1.29, 1.82) is 0 Å². The molecule has 0 aliphatic rings. The number of anilines is 1. The molecule has 3 heterocycles. The molecule has 0 saturated carbocycles. The maximum Gasteiger partial charge on any atom is 0.253 e. The summed E-state index contributed by atoms with van der Waals surface area (Å²) in [7, 11) is 0. The minimum absolute atomic E-state index is 0.104. The van der Waals surface area contributed by atoms with E-state index in [4.69, 9.17) is 4.52 Å². The van der Waals surface area contributed by atoms with Gasteiger partial charge in [-0.25, -0.2) is 9.97 Å². The molecule has 0 radical (unpaired) electrons. The molecule has 10 heteroatoms. The lowest BCUT2D eigenvalue weighted by Crippen LogP contribution is -2.24. The first-order valence-corrected chi connectivity index (χ1v) is 8.67. The van der Waals surface area contributed by atoms with Gasteiger partial charge in [-0.1, -0.05) is 19.0 Å². The molecule has 3 aromatic heterocycles. The van der Waals surface area contributed by atoms with Gasteiger partial charge in [0.05, 0.1) is 18.7 Å². The predicted molar refractivity (Wildman–Crippen MR) is 96.9 cm³/mol. The number of nitrogens with one attached hydrogen (secondary N) is 2. The maximum atomic E-state index is 12.2. The van der Waals surface area contributed by atoms with E-state index in [0.29, 0.717) is 29.6 Å². The molecular weight excluding hydrogens is 348 g/mol. The number of carbonyl (C=O) groups excluding carboxylic acids is 1. The standard InChI is InChI=1S/C17H22N8O2/c1-11(2)17-23-15(24-27-17)7-20-16(26)13-4-5-14(19-6-13)22-12(3)8-25-10-18-9-21-25/h4-6,9-12H,7-8H2,1-3H3,(H,19,22)(H,20,26). The van der Waals surface area contributed by atoms with E-state index in [1.165, 1.54) is 12.5 Å². The lowest BCUT2D eigenvalue weighted by Gasteiger charge is -2.14. The van der Waals surface area contributed by atoms with Gasteiger partial charge in [-0.15, -0.1) is 0 Å². The average molecular weight is 370 g/mol. The molecule has 0 fully saturated rings. The molecule has 3 aromatic rings. The van der Waals surface area contributed by atoms with Crippen molar-refractivity contribution in [3.8, 4) is 0 Å². The van der Waals surface area contributed by atoms with Crippen LogP contribution in [0, 0.1) is 0 Å². The predicted octanol–water partition coefficient (Wildman–Crippen LogP) is 1.61. The van der Waals surface area contributed by atoms with Crippen LogP contribution in [0.1, 0.15) is 48.8 Å². The fourth-order valence-corrected chi connectivity index (χ4v) is 2.35. The maximum absolute atomic E-state index is 12.2. The van der Waals surface area contributed by atoms with Gasteiger partial charge in [-0.05, 0) is 19.1 Å². The number of aromatic nitrogens is 6. The molecule has 1 unspecified atom stereocenters. The zero-order valence-corrected chi connectivity index (χ0v) is 15.5. The summed E-state index contributed by atoms with van der Waals surface area (Å²) in [5.41, 5.74) is 0.456. The molecule has 10 nitrogen and oxygen atoms in total. The zero-order chi connectivity index (χ0) is 19.2. The number of pyridine rings is 1. The van der Waals surface area contributed by atoms with Crippen molar-refractivity contribution in [2.24, 2.45) is 0 Å². The number of carbonyl (C=O) groups is 1. The van der Waals surface area contributed by atoms with Crippen molar-refractivity contribution in [3.05, 3.63) is 48.3 Å². The fraction of sp³-hybridized carbons (Fsp3) is 0.412. The molecule has 0 spiro atoms. The van der Waals surface area contributed by atoms with Crippen LogP contribution in [0.15, 0.2) is 35.5 Å². The topological polar surface area (TPSA) is 124 Å². The van der Waals surface area contributed by atoms with Crippen molar-refractivity contribution >= 4 is 11.7 Å². The highest BCUT2D eigenvalue weighted by atomic mass is 16.5. The number of nitrogens with zero attached hydrogens (tertiary/aromatic N) is 6. The smallest absolute Gasteiger partial charge is 0.253 e. The van der Waals surface area contributed by atoms with Crippen LogP contribution in [-0.4, -0.2) is 41.8 Å². The summed E-state index contributed by atoms with van der Waals surface area (Å²) in [5, 5.41) is 13.9. The van der Waals surface area contributed by atoms with Crippen LogP contribution in [0.4, 0.5) is 5.82 Å². The molecule has 0 aliphatic carbocycles. The van der Waals surface area contributed by atoms with Crippen LogP contribution in [-0.2, 0) is 13.1 Å². The van der Waals surface area contributed by atoms with Crippen molar-refractivity contribution in [2.75, 3.05) is 5.32 Å². The van der Waals surface area contributed by atoms with E-state index < -0.39 is 0 Å². The van der Waals surface area contributed by atoms with Crippen molar-refractivity contribution in [2.45, 2.75) is 45.8 Å². The molecule has 3 rings (SSSR count). The highest BCUT2D eigenvalue weighted by molar-refractivity contribution is 5.93. The Morgan fingerprint density at radius 2 is 2.15 bits per heavy atom. The molecule has 1 amide bonds. The van der Waals surface area contributed by atoms with Crippen LogP contribution >= 0.6 is 0 Å². The van der Waals surface area contributed by atoms with Gasteiger partial charge in [0.15, 0.2) is 5.82 Å². The normalized spacial score (nSPS) is 12.1. The highest BCUT2D eigenvalue weighted by Gasteiger charge is 2.12. The van der Waals surface area contributed by atoms with Crippen LogP contribution in [0.25, 0.3) is 0 Å². The van der Waals surface area contributed by atoms with Crippen LogP contribution in [0.3, 0.4) is 0 Å². The summed E-state index contributed by atoms with van der Waals surface area (Å²) in [6, 6.07) is 3.58. The molecule has 0 aromatic carbocycles. The lowest BCUT2D eigenvalue weighted by atomic mass is 10.2. The highest BCUT2D eigenvalue weighted by Crippen LogP contribution is 2.11. The van der Waals surface area contributed by atoms with E-state index in [-0.39, 0.29) is 24.4 Å². The summed E-state index contributed by atoms with van der Waals surface area (Å²) in [4.78, 5) is 24.6. The Kier molecular flexibility index (Phi) is 5.74. The lowest BCUT2D eigenvalue weighted by molar-refractivity contribution is 0.0949. The van der Waals surface area contributed by atoms with Gasteiger partial charge in [-0.2, -0.15) is 10.1 Å². The third-order valence-corrected chi connectivity index (χ3v) is 3.73. The van der Waals surface area contributed by atoms with E-state index in [1.807, 2.05) is 20.8 Å². The first-order valence-electron chi connectivity index (χ1n) is 8.67. The second kappa shape index (κ2) is 8.39. The quantitative estimate of drug-likeness (QED) is 0.613. The zero-order valence-electron chi connectivity index (χ0n) is 15.5. The van der Waals surface area contributed by atoms with E-state index in [9.17, 15) is 4.79 Å². The first kappa shape index (κ1) is 18.5. The van der Waals surface area contributed by atoms with Gasteiger partial charge in [-0.3, -0.25) is 9.48 Å². The molecule has 27 heavy (non-hydrogen) atoms. The van der Waals surface area contributed by atoms with E-state index in [2.05, 4.69) is 35.8 Å². The Bertz CT molecular complexity index is 857. The second-order valence-corrected chi connectivity index (χ2v) is 6.48. The SMILES string of the molecule is CC(Cn1cncn1)Nc1ccc(C(=O)NCc2noc(C(C)C)n2)cn1. The van der Waals surface area contributed by atoms with E-state index in [1.54, 1.807) is 23.1 Å². The summed E-state index contributed by atoms with van der Waals surface area (Å²) < 4.78 is 6.85. The third kappa shape index (κ3) is 5.09. The largest absolute Gasteiger partial charge is 0.366 e. The van der Waals surface area contributed by atoms with Gasteiger partial charge in [0.1, 0.15) is 18.5 Å². The summed E-state index contributed by atoms with van der Waals surface area (Å²) in [5.74, 6) is 1.58. The summed E-state index contributed by atoms with van der Waals surface area (Å²) >= 11 is 0. The number of hydrogen-bond donors (Lipinski definition) is 2. The van der Waals surface area contributed by atoms with E-state index >= 15 is 0 Å². The van der Waals surface area contributed by atoms with Gasteiger partial charge < -0.3 is 15.2 Å². The van der Waals surface area contributed by atoms with Crippen molar-refractivity contribution in [1.82, 2.24) is 35.2 Å². The molecule has 1 atom stereocenters. The Balaban J connectivity index is 1.50. The number of hydrogen-bond acceptors (Lipinski definition) is 8. The first-order chi connectivity index (χ1) is 13.0. The van der Waals surface area contributed by atoms with E-state index in [0.717, 1.165) is 0 Å². The molecule has 142 valence electrons. The monoisotopic (exact) mass is 370 g/mol. The third-order valence-electron chi connectivity index (χ3n) is 3.73. The molecule has 0 aliphatic heterocycles. The Morgan fingerprint density at radius 1 is 1.30 bits per heavy atom. The second-order valence-electron chi connectivity index (χ2n) is 6.48. The number of rotatable bonds is 8. The molecular formula is C17H22N8O2. The van der Waals surface area contributed by atoms with Gasteiger partial charge in [0, 0.05) is 18.2 Å². The summed E-state index contributed by atoms with van der Waals surface area (Å²) in [6.45, 7) is 6.80. The van der Waals surface area contributed by atoms with Crippen LogP contribution < -0.4 is 10.6 Å². The van der Waals surface area contributed by atoms with Crippen molar-refractivity contribution < 1.29 is 9.32 Å². The number of amides is 1. The minimum Gasteiger partial charge on any atom is -0.366 e. The van der Waals surface area contributed by atoms with Crippen LogP contribution in [0.5, 0.6) is 0 Å². The van der Waals surface area contributed by atoms with Crippen molar-refractivity contribution in [3.63, 3.8) is 0 Å². The average Bonchev–Trinajstić information content (AvgIpc) is 3.32. The molecule has 0 saturated heterocycles. The Labute approximate surface area is 156 Å². The van der Waals surface area contributed by atoms with Gasteiger partial charge in [0.25, 0.3) is 5.91 Å². The molecule has 2 N–H and O–H groups in total. The minimum atomic E-state index is -0.249.